The van der Waals surface area contributed by atoms with Crippen LogP contribution in [0.15, 0.2) is 35.2 Å². The van der Waals surface area contributed by atoms with Gasteiger partial charge in [-0.2, -0.15) is 0 Å². The minimum atomic E-state index is -1.12. The number of hydrogen-bond acceptors (Lipinski definition) is 6. The molecular weight excluding hydrogens is 296 g/mol. The number of ether oxygens (including phenoxy) is 1. The number of rotatable bonds is 6. The van der Waals surface area contributed by atoms with E-state index in [0.29, 0.717) is 11.3 Å². The molecule has 108 valence electrons. The Labute approximate surface area is 123 Å². The van der Waals surface area contributed by atoms with E-state index in [1.54, 1.807) is 17.0 Å². The summed E-state index contributed by atoms with van der Waals surface area (Å²) in [6.07, 6.45) is 2.19. The Morgan fingerprint density at radius 1 is 1.52 bits per heavy atom. The zero-order chi connectivity index (χ0) is 15.2. The lowest BCUT2D eigenvalue weighted by Gasteiger charge is -2.05. The summed E-state index contributed by atoms with van der Waals surface area (Å²) in [5.74, 6) is -1.01. The fourth-order valence-corrected chi connectivity index (χ4v) is 2.07. The van der Waals surface area contributed by atoms with Gasteiger partial charge in [0.1, 0.15) is 6.61 Å². The standard InChI is InChI=1S/C13H10N2O5S/c16-13(17)4-2-9-1-3-12(11(5-9)15(18)19)20-6-10-7-21-8-14-10/h1-5,7-8H,6H2,(H,16,17)/b4-2+. The molecule has 0 bridgehead atoms. The first kappa shape index (κ1) is 14.7. The van der Waals surface area contributed by atoms with Gasteiger partial charge >= 0.3 is 11.7 Å². The summed E-state index contributed by atoms with van der Waals surface area (Å²) in [5.41, 5.74) is 2.51. The number of carboxylic acids is 1. The highest BCUT2D eigenvalue weighted by Crippen LogP contribution is 2.29. The molecule has 1 aromatic carbocycles. The number of thiazole rings is 1. The summed E-state index contributed by atoms with van der Waals surface area (Å²) in [6.45, 7) is 0.134. The highest BCUT2D eigenvalue weighted by atomic mass is 32.1. The maximum Gasteiger partial charge on any atom is 0.328 e. The Morgan fingerprint density at radius 2 is 2.33 bits per heavy atom. The van der Waals surface area contributed by atoms with Gasteiger partial charge in [0.25, 0.3) is 0 Å². The summed E-state index contributed by atoms with van der Waals surface area (Å²) in [4.78, 5) is 24.9. The fourth-order valence-electron chi connectivity index (χ4n) is 1.53. The van der Waals surface area contributed by atoms with Crippen LogP contribution in [0.25, 0.3) is 6.08 Å². The molecule has 0 amide bonds. The normalized spacial score (nSPS) is 10.7. The van der Waals surface area contributed by atoms with Crippen LogP contribution in [-0.2, 0) is 11.4 Å². The van der Waals surface area contributed by atoms with Crippen molar-refractivity contribution in [2.24, 2.45) is 0 Å². The number of carbonyl (C=O) groups is 1. The lowest BCUT2D eigenvalue weighted by Crippen LogP contribution is -1.99. The maximum atomic E-state index is 11.0. The van der Waals surface area contributed by atoms with Crippen LogP contribution in [0, 0.1) is 10.1 Å². The van der Waals surface area contributed by atoms with Gasteiger partial charge in [0.15, 0.2) is 5.75 Å². The van der Waals surface area contributed by atoms with E-state index in [4.69, 9.17) is 9.84 Å². The number of nitrogens with zero attached hydrogens (tertiary/aromatic N) is 2. The number of nitro groups is 1. The largest absolute Gasteiger partial charge is 0.480 e. The highest BCUT2D eigenvalue weighted by molar-refractivity contribution is 7.07. The van der Waals surface area contributed by atoms with E-state index >= 15 is 0 Å². The second-order valence-corrected chi connectivity index (χ2v) is 4.64. The smallest absolute Gasteiger partial charge is 0.328 e. The van der Waals surface area contributed by atoms with E-state index in [-0.39, 0.29) is 18.0 Å². The van der Waals surface area contributed by atoms with Crippen LogP contribution in [-0.4, -0.2) is 21.0 Å². The molecule has 0 aliphatic rings. The molecule has 1 heterocycles. The zero-order valence-corrected chi connectivity index (χ0v) is 11.4. The number of hydrogen-bond donors (Lipinski definition) is 1. The van der Waals surface area contributed by atoms with Gasteiger partial charge in [0.2, 0.25) is 0 Å². The molecule has 21 heavy (non-hydrogen) atoms. The van der Waals surface area contributed by atoms with Crippen LogP contribution in [0.3, 0.4) is 0 Å². The molecule has 8 heteroatoms. The van der Waals surface area contributed by atoms with Crippen LogP contribution in [0.4, 0.5) is 5.69 Å². The van der Waals surface area contributed by atoms with Gasteiger partial charge in [0.05, 0.1) is 16.1 Å². The molecule has 0 fully saturated rings. The van der Waals surface area contributed by atoms with E-state index < -0.39 is 10.9 Å². The average Bonchev–Trinajstić information content (AvgIpc) is 2.96. The number of nitro benzene ring substituents is 1. The third-order valence-corrected chi connectivity index (χ3v) is 3.09. The van der Waals surface area contributed by atoms with Crippen molar-refractivity contribution in [3.05, 3.63) is 56.5 Å². The Morgan fingerprint density at radius 3 is 2.95 bits per heavy atom. The molecule has 2 rings (SSSR count). The summed E-state index contributed by atoms with van der Waals surface area (Å²) in [7, 11) is 0. The predicted octanol–water partition coefficient (Wildman–Crippen LogP) is 2.73. The molecule has 0 spiro atoms. The summed E-state index contributed by atoms with van der Waals surface area (Å²) < 4.78 is 5.39. The Hall–Kier alpha value is -2.74. The Kier molecular flexibility index (Phi) is 4.62. The van der Waals surface area contributed by atoms with Gasteiger partial charge in [-0.15, -0.1) is 11.3 Å². The van der Waals surface area contributed by atoms with Crippen molar-refractivity contribution in [1.29, 1.82) is 0 Å². The SMILES string of the molecule is O=C(O)/C=C/c1ccc(OCc2cscn2)c([N+](=O)[O-])c1. The molecule has 0 saturated carbocycles. The van der Waals surface area contributed by atoms with Gasteiger partial charge in [-0.1, -0.05) is 6.07 Å². The van der Waals surface area contributed by atoms with Crippen LogP contribution < -0.4 is 4.74 Å². The molecule has 0 atom stereocenters. The minimum absolute atomic E-state index is 0.112. The van der Waals surface area contributed by atoms with Crippen LogP contribution in [0.5, 0.6) is 5.75 Å². The number of carboxylic acid groups (broad SMARTS) is 1. The molecule has 2 aromatic rings. The molecule has 0 aliphatic heterocycles. The zero-order valence-electron chi connectivity index (χ0n) is 10.6. The molecule has 1 N–H and O–H groups in total. The first-order valence-electron chi connectivity index (χ1n) is 5.75. The fraction of sp³-hybridized carbons (Fsp3) is 0.0769. The van der Waals surface area contributed by atoms with Crippen LogP contribution >= 0.6 is 11.3 Å². The molecule has 0 unspecified atom stereocenters. The van der Waals surface area contributed by atoms with E-state index in [2.05, 4.69) is 4.98 Å². The first-order chi connectivity index (χ1) is 10.1. The van der Waals surface area contributed by atoms with E-state index in [1.807, 2.05) is 0 Å². The average molecular weight is 306 g/mol. The number of aliphatic carboxylic acids is 1. The van der Waals surface area contributed by atoms with Crippen molar-refractivity contribution in [3.63, 3.8) is 0 Å². The highest BCUT2D eigenvalue weighted by Gasteiger charge is 2.15. The summed E-state index contributed by atoms with van der Waals surface area (Å²) in [5, 5.41) is 21.4. The number of benzene rings is 1. The van der Waals surface area contributed by atoms with Crippen molar-refractivity contribution in [2.75, 3.05) is 0 Å². The van der Waals surface area contributed by atoms with E-state index in [1.165, 1.54) is 29.5 Å². The maximum absolute atomic E-state index is 11.0. The summed E-state index contributed by atoms with van der Waals surface area (Å²) in [6, 6.07) is 4.24. The van der Waals surface area contributed by atoms with Gasteiger partial charge in [-0.25, -0.2) is 9.78 Å². The van der Waals surface area contributed by atoms with Crippen molar-refractivity contribution in [2.45, 2.75) is 6.61 Å². The summed E-state index contributed by atoms with van der Waals surface area (Å²) >= 11 is 1.41. The number of aromatic nitrogens is 1. The Balaban J connectivity index is 2.20. The van der Waals surface area contributed by atoms with Crippen molar-refractivity contribution < 1.29 is 19.6 Å². The van der Waals surface area contributed by atoms with Crippen LogP contribution in [0.2, 0.25) is 0 Å². The van der Waals surface area contributed by atoms with E-state index in [9.17, 15) is 14.9 Å². The topological polar surface area (TPSA) is 103 Å². The van der Waals surface area contributed by atoms with Crippen molar-refractivity contribution in [3.8, 4) is 5.75 Å². The molecule has 1 aromatic heterocycles. The lowest BCUT2D eigenvalue weighted by atomic mass is 10.1. The molecule has 0 aliphatic carbocycles. The van der Waals surface area contributed by atoms with Gasteiger partial charge in [0, 0.05) is 17.5 Å². The monoisotopic (exact) mass is 306 g/mol. The van der Waals surface area contributed by atoms with Crippen molar-refractivity contribution in [1.82, 2.24) is 4.98 Å². The van der Waals surface area contributed by atoms with Crippen LogP contribution in [0.1, 0.15) is 11.3 Å². The quantitative estimate of drug-likeness (QED) is 0.500. The van der Waals surface area contributed by atoms with E-state index in [0.717, 1.165) is 6.08 Å². The molecule has 0 saturated heterocycles. The second-order valence-electron chi connectivity index (χ2n) is 3.92. The van der Waals surface area contributed by atoms with Gasteiger partial charge in [-0.05, 0) is 17.7 Å². The minimum Gasteiger partial charge on any atom is -0.480 e. The third kappa shape index (κ3) is 4.11. The third-order valence-electron chi connectivity index (χ3n) is 2.46. The predicted molar refractivity (Wildman–Crippen MR) is 76.2 cm³/mol. The molecular formula is C13H10N2O5S. The first-order valence-corrected chi connectivity index (χ1v) is 6.70. The van der Waals surface area contributed by atoms with Crippen molar-refractivity contribution >= 4 is 29.1 Å². The second kappa shape index (κ2) is 6.62. The lowest BCUT2D eigenvalue weighted by molar-refractivity contribution is -0.386. The molecule has 7 nitrogen and oxygen atoms in total. The Bertz CT molecular complexity index is 682. The van der Waals surface area contributed by atoms with Gasteiger partial charge in [-0.3, -0.25) is 10.1 Å². The molecule has 0 radical (unpaired) electrons. The van der Waals surface area contributed by atoms with Gasteiger partial charge < -0.3 is 9.84 Å².